The summed E-state index contributed by atoms with van der Waals surface area (Å²) < 4.78 is 14.5. The van der Waals surface area contributed by atoms with Gasteiger partial charge in [0, 0.05) is 11.8 Å². The standard InChI is InChI=1S/C27H35F/c1-6-8-24-18-25(28)15-16-27(5,19(2)3)26(24)20(4)11-12-21-9-7-10-23(17-21)22-13-14-22/h6-10,17,22,25H,2,4,11-16,18H2,1,3,5H3/b8-6-/t25-,27+/m0/s1. The third-order valence-electron chi connectivity index (χ3n) is 6.65. The molecule has 0 N–H and O–H groups in total. The molecule has 28 heavy (non-hydrogen) atoms. The van der Waals surface area contributed by atoms with E-state index < -0.39 is 6.17 Å². The molecular formula is C27H35F. The summed E-state index contributed by atoms with van der Waals surface area (Å²) >= 11 is 0. The summed E-state index contributed by atoms with van der Waals surface area (Å²) in [5.41, 5.74) is 7.25. The van der Waals surface area contributed by atoms with Crippen molar-refractivity contribution in [2.75, 3.05) is 0 Å². The topological polar surface area (TPSA) is 0 Å². The second kappa shape index (κ2) is 8.64. The Labute approximate surface area is 170 Å². The average molecular weight is 379 g/mol. The first-order valence-electron chi connectivity index (χ1n) is 10.8. The van der Waals surface area contributed by atoms with E-state index in [4.69, 9.17) is 0 Å². The van der Waals surface area contributed by atoms with Crippen molar-refractivity contribution in [3.8, 4) is 0 Å². The molecule has 0 saturated heterocycles. The van der Waals surface area contributed by atoms with Crippen LogP contribution in [0.4, 0.5) is 4.39 Å². The van der Waals surface area contributed by atoms with Crippen molar-refractivity contribution in [2.45, 2.75) is 77.8 Å². The molecule has 0 heterocycles. The predicted octanol–water partition coefficient (Wildman–Crippen LogP) is 8.03. The largest absolute Gasteiger partial charge is 0.247 e. The molecule has 2 aliphatic carbocycles. The van der Waals surface area contributed by atoms with Gasteiger partial charge in [0.25, 0.3) is 0 Å². The molecule has 1 saturated carbocycles. The number of benzene rings is 1. The zero-order valence-electron chi connectivity index (χ0n) is 17.9. The maximum absolute atomic E-state index is 14.5. The Morgan fingerprint density at radius 2 is 2.00 bits per heavy atom. The Kier molecular flexibility index (Phi) is 6.43. The van der Waals surface area contributed by atoms with Crippen molar-refractivity contribution >= 4 is 0 Å². The lowest BCUT2D eigenvalue weighted by atomic mass is 9.69. The summed E-state index contributed by atoms with van der Waals surface area (Å²) in [6.45, 7) is 15.1. The van der Waals surface area contributed by atoms with Crippen LogP contribution >= 0.6 is 0 Å². The monoisotopic (exact) mass is 378 g/mol. The Morgan fingerprint density at radius 3 is 2.64 bits per heavy atom. The molecule has 0 unspecified atom stereocenters. The van der Waals surface area contributed by atoms with E-state index in [0.29, 0.717) is 12.8 Å². The van der Waals surface area contributed by atoms with Gasteiger partial charge in [-0.05, 0) is 80.6 Å². The minimum absolute atomic E-state index is 0.206. The van der Waals surface area contributed by atoms with Gasteiger partial charge in [0.15, 0.2) is 0 Å². The predicted molar refractivity (Wildman–Crippen MR) is 119 cm³/mol. The molecule has 0 radical (unpaired) electrons. The highest BCUT2D eigenvalue weighted by molar-refractivity contribution is 5.48. The van der Waals surface area contributed by atoms with Gasteiger partial charge in [0.2, 0.25) is 0 Å². The zero-order valence-corrected chi connectivity index (χ0v) is 17.9. The van der Waals surface area contributed by atoms with E-state index in [1.165, 1.54) is 29.5 Å². The van der Waals surface area contributed by atoms with Crippen LogP contribution in [0.1, 0.15) is 76.3 Å². The van der Waals surface area contributed by atoms with Crippen LogP contribution in [0.15, 0.2) is 71.9 Å². The number of hydrogen-bond acceptors (Lipinski definition) is 0. The molecule has 150 valence electrons. The molecule has 0 aliphatic heterocycles. The SMILES string of the molecule is C=C(CCc1cccc(C2CC2)c1)C1=C(/C=C\C)C[C@@H](F)CC[C@]1(C)C(=C)C. The summed E-state index contributed by atoms with van der Waals surface area (Å²) in [5.74, 6) is 0.780. The maximum Gasteiger partial charge on any atom is 0.104 e. The van der Waals surface area contributed by atoms with Crippen LogP contribution in [-0.4, -0.2) is 6.17 Å². The van der Waals surface area contributed by atoms with E-state index >= 15 is 0 Å². The van der Waals surface area contributed by atoms with Crippen LogP contribution < -0.4 is 0 Å². The molecule has 0 aromatic heterocycles. The minimum Gasteiger partial charge on any atom is -0.247 e. The van der Waals surface area contributed by atoms with E-state index in [-0.39, 0.29) is 5.41 Å². The van der Waals surface area contributed by atoms with Gasteiger partial charge in [-0.1, -0.05) is 67.6 Å². The quantitative estimate of drug-likeness (QED) is 0.421. The number of aryl methyl sites for hydroxylation is 1. The molecule has 0 bridgehead atoms. The molecule has 3 rings (SSSR count). The fourth-order valence-corrected chi connectivity index (χ4v) is 4.60. The van der Waals surface area contributed by atoms with Crippen molar-refractivity contribution in [3.63, 3.8) is 0 Å². The Hall–Kier alpha value is -1.89. The van der Waals surface area contributed by atoms with Crippen LogP contribution in [0.25, 0.3) is 0 Å². The molecule has 1 aromatic rings. The Balaban J connectivity index is 1.86. The normalized spacial score (nSPS) is 25.8. The van der Waals surface area contributed by atoms with Gasteiger partial charge >= 0.3 is 0 Å². The lowest BCUT2D eigenvalue weighted by Crippen LogP contribution is -2.22. The number of halogens is 1. The van der Waals surface area contributed by atoms with Crippen molar-refractivity contribution in [1.82, 2.24) is 0 Å². The van der Waals surface area contributed by atoms with Crippen molar-refractivity contribution < 1.29 is 4.39 Å². The van der Waals surface area contributed by atoms with E-state index in [1.807, 2.05) is 13.0 Å². The van der Waals surface area contributed by atoms with Crippen molar-refractivity contribution in [2.24, 2.45) is 5.41 Å². The number of allylic oxidation sites excluding steroid dienone is 6. The Bertz CT molecular complexity index is 805. The van der Waals surface area contributed by atoms with Crippen LogP contribution in [0.3, 0.4) is 0 Å². The van der Waals surface area contributed by atoms with Gasteiger partial charge < -0.3 is 0 Å². The molecule has 2 aliphatic rings. The van der Waals surface area contributed by atoms with Crippen molar-refractivity contribution in [1.29, 1.82) is 0 Å². The first kappa shape index (κ1) is 20.8. The van der Waals surface area contributed by atoms with Crippen LogP contribution in [-0.2, 0) is 6.42 Å². The van der Waals surface area contributed by atoms with E-state index in [2.05, 4.69) is 57.3 Å². The van der Waals surface area contributed by atoms with Gasteiger partial charge in [-0.3, -0.25) is 0 Å². The highest BCUT2D eigenvalue weighted by Crippen LogP contribution is 2.48. The molecule has 1 fully saturated rings. The van der Waals surface area contributed by atoms with Gasteiger partial charge in [0.05, 0.1) is 0 Å². The maximum atomic E-state index is 14.5. The third kappa shape index (κ3) is 4.57. The smallest absolute Gasteiger partial charge is 0.104 e. The second-order valence-corrected chi connectivity index (χ2v) is 8.98. The summed E-state index contributed by atoms with van der Waals surface area (Å²) in [6, 6.07) is 9.04. The van der Waals surface area contributed by atoms with Gasteiger partial charge in [-0.25, -0.2) is 4.39 Å². The average Bonchev–Trinajstić information content (AvgIpc) is 3.50. The van der Waals surface area contributed by atoms with Crippen molar-refractivity contribution in [3.05, 3.63) is 83.0 Å². The molecule has 0 nitrogen and oxygen atoms in total. The molecule has 2 atom stereocenters. The van der Waals surface area contributed by atoms with E-state index in [0.717, 1.165) is 41.9 Å². The van der Waals surface area contributed by atoms with Gasteiger partial charge in [-0.2, -0.15) is 0 Å². The second-order valence-electron chi connectivity index (χ2n) is 8.98. The molecule has 0 amide bonds. The molecule has 0 spiro atoms. The van der Waals surface area contributed by atoms with Crippen LogP contribution in [0.2, 0.25) is 0 Å². The summed E-state index contributed by atoms with van der Waals surface area (Å²) in [4.78, 5) is 0. The van der Waals surface area contributed by atoms with Gasteiger partial charge in [-0.15, -0.1) is 0 Å². The fourth-order valence-electron chi connectivity index (χ4n) is 4.60. The number of hydrogen-bond donors (Lipinski definition) is 0. The summed E-state index contributed by atoms with van der Waals surface area (Å²) in [5, 5.41) is 0. The Morgan fingerprint density at radius 1 is 1.25 bits per heavy atom. The van der Waals surface area contributed by atoms with Crippen LogP contribution in [0, 0.1) is 5.41 Å². The fraction of sp³-hybridized carbons (Fsp3) is 0.481. The highest BCUT2D eigenvalue weighted by Gasteiger charge is 2.36. The van der Waals surface area contributed by atoms with Gasteiger partial charge in [0.1, 0.15) is 6.17 Å². The third-order valence-corrected chi connectivity index (χ3v) is 6.65. The lowest BCUT2D eigenvalue weighted by Gasteiger charge is -2.35. The van der Waals surface area contributed by atoms with E-state index in [1.54, 1.807) is 0 Å². The lowest BCUT2D eigenvalue weighted by molar-refractivity contribution is 0.288. The molecule has 1 heteroatoms. The number of rotatable bonds is 7. The minimum atomic E-state index is -0.787. The van der Waals surface area contributed by atoms with E-state index in [9.17, 15) is 4.39 Å². The first-order valence-corrected chi connectivity index (χ1v) is 10.8. The summed E-state index contributed by atoms with van der Waals surface area (Å²) in [7, 11) is 0. The summed E-state index contributed by atoms with van der Waals surface area (Å²) in [6.07, 6.45) is 9.76. The highest BCUT2D eigenvalue weighted by atomic mass is 19.1. The number of alkyl halides is 1. The van der Waals surface area contributed by atoms with Crippen LogP contribution in [0.5, 0.6) is 0 Å². The first-order chi connectivity index (χ1) is 13.3. The molecule has 1 aromatic carbocycles. The zero-order chi connectivity index (χ0) is 20.3. The molecular weight excluding hydrogens is 343 g/mol.